The molecule has 0 aromatic carbocycles. The summed E-state index contributed by atoms with van der Waals surface area (Å²) in [5.74, 6) is 0.0581. The van der Waals surface area contributed by atoms with Gasteiger partial charge in [-0.1, -0.05) is 0 Å². The number of ether oxygens (including phenoxy) is 1. The number of likely N-dealkylation sites (tertiary alicyclic amines) is 2. The number of aryl methyl sites for hydroxylation is 2. The Morgan fingerprint density at radius 1 is 1.25 bits per heavy atom. The van der Waals surface area contributed by atoms with Crippen molar-refractivity contribution in [3.8, 4) is 0 Å². The highest BCUT2D eigenvalue weighted by molar-refractivity contribution is 5.82. The summed E-state index contributed by atoms with van der Waals surface area (Å²) in [7, 11) is 1.52. The van der Waals surface area contributed by atoms with E-state index in [1.165, 1.54) is 7.11 Å². The smallest absolute Gasteiger partial charge is 0.248 e. The molecule has 24 heavy (non-hydrogen) atoms. The Labute approximate surface area is 142 Å². The molecule has 2 aliphatic heterocycles. The minimum atomic E-state index is -0.0824. The lowest BCUT2D eigenvalue weighted by molar-refractivity contribution is -0.146. The fourth-order valence-corrected chi connectivity index (χ4v) is 3.68. The third kappa shape index (κ3) is 3.31. The summed E-state index contributed by atoms with van der Waals surface area (Å²) >= 11 is 0. The second-order valence-corrected chi connectivity index (χ2v) is 6.88. The molecule has 7 heteroatoms. The van der Waals surface area contributed by atoms with Gasteiger partial charge in [-0.15, -0.1) is 0 Å². The van der Waals surface area contributed by atoms with Crippen molar-refractivity contribution in [2.45, 2.75) is 32.7 Å². The van der Waals surface area contributed by atoms with Crippen molar-refractivity contribution < 1.29 is 14.3 Å². The minimum Gasteiger partial charge on any atom is -0.375 e. The highest BCUT2D eigenvalue weighted by atomic mass is 16.5. The number of nitrogens with zero attached hydrogens (tertiary/aromatic N) is 4. The van der Waals surface area contributed by atoms with Crippen molar-refractivity contribution in [2.24, 2.45) is 5.92 Å². The zero-order valence-electron chi connectivity index (χ0n) is 14.7. The van der Waals surface area contributed by atoms with Gasteiger partial charge >= 0.3 is 0 Å². The number of amides is 2. The van der Waals surface area contributed by atoms with E-state index in [4.69, 9.17) is 4.74 Å². The predicted octanol–water partition coefficient (Wildman–Crippen LogP) is 0.768. The lowest BCUT2D eigenvalue weighted by atomic mass is 9.94. The van der Waals surface area contributed by atoms with Gasteiger partial charge in [0.15, 0.2) is 0 Å². The van der Waals surface area contributed by atoms with Crippen LogP contribution in [0.2, 0.25) is 0 Å². The molecule has 0 aliphatic carbocycles. The van der Waals surface area contributed by atoms with E-state index in [1.54, 1.807) is 4.90 Å². The van der Waals surface area contributed by atoms with Crippen LogP contribution in [0.15, 0.2) is 6.07 Å². The number of carbonyl (C=O) groups is 2. The van der Waals surface area contributed by atoms with Crippen LogP contribution in [0.5, 0.6) is 0 Å². The molecular weight excluding hydrogens is 308 g/mol. The maximum Gasteiger partial charge on any atom is 0.248 e. The predicted molar refractivity (Wildman–Crippen MR) is 88.5 cm³/mol. The molecule has 0 radical (unpaired) electrons. The first kappa shape index (κ1) is 17.0. The van der Waals surface area contributed by atoms with Gasteiger partial charge in [-0.3, -0.25) is 14.3 Å². The zero-order valence-corrected chi connectivity index (χ0v) is 14.7. The number of piperidine rings is 1. The number of carbonyl (C=O) groups excluding carboxylic acids is 2. The fourth-order valence-electron chi connectivity index (χ4n) is 3.68. The molecule has 0 saturated carbocycles. The van der Waals surface area contributed by atoms with Crippen molar-refractivity contribution in [3.63, 3.8) is 0 Å². The topological polar surface area (TPSA) is 67.7 Å². The van der Waals surface area contributed by atoms with Crippen molar-refractivity contribution in [1.82, 2.24) is 19.6 Å². The summed E-state index contributed by atoms with van der Waals surface area (Å²) in [6.07, 6.45) is 1.73. The molecule has 2 aliphatic rings. The van der Waals surface area contributed by atoms with Gasteiger partial charge in [0, 0.05) is 39.0 Å². The molecule has 2 saturated heterocycles. The quantitative estimate of drug-likeness (QED) is 0.816. The van der Waals surface area contributed by atoms with E-state index < -0.39 is 0 Å². The molecule has 2 fully saturated rings. The molecule has 0 spiro atoms. The monoisotopic (exact) mass is 334 g/mol. The van der Waals surface area contributed by atoms with E-state index in [1.807, 2.05) is 23.4 Å². The minimum absolute atomic E-state index is 0.0286. The molecule has 0 bridgehead atoms. The van der Waals surface area contributed by atoms with Gasteiger partial charge in [-0.25, -0.2) is 0 Å². The molecule has 1 atom stereocenters. The van der Waals surface area contributed by atoms with Crippen molar-refractivity contribution in [3.05, 3.63) is 17.5 Å². The van der Waals surface area contributed by atoms with Crippen molar-refractivity contribution in [1.29, 1.82) is 0 Å². The van der Waals surface area contributed by atoms with Crippen LogP contribution in [0.4, 0.5) is 0 Å². The maximum absolute atomic E-state index is 12.7. The molecule has 3 rings (SSSR count). The Hall–Kier alpha value is -1.89. The van der Waals surface area contributed by atoms with Gasteiger partial charge in [-0.2, -0.15) is 5.10 Å². The van der Waals surface area contributed by atoms with Crippen LogP contribution in [0, 0.1) is 19.8 Å². The number of hydrogen-bond acceptors (Lipinski definition) is 4. The lowest BCUT2D eigenvalue weighted by Gasteiger charge is -2.43. The first-order valence-electron chi connectivity index (χ1n) is 8.58. The Morgan fingerprint density at radius 2 is 2.00 bits per heavy atom. The third-order valence-corrected chi connectivity index (χ3v) is 4.96. The molecule has 0 N–H and O–H groups in total. The molecule has 7 nitrogen and oxygen atoms in total. The molecule has 1 aromatic rings. The SMILES string of the molecule is COCC(=O)N1CCC[C@@H](C(=O)N2CC(n3nc(C)cc3C)C2)C1. The van der Waals surface area contributed by atoms with E-state index in [9.17, 15) is 9.59 Å². The van der Waals surface area contributed by atoms with E-state index in [0.717, 1.165) is 30.8 Å². The third-order valence-electron chi connectivity index (χ3n) is 4.96. The first-order valence-corrected chi connectivity index (χ1v) is 8.58. The number of methoxy groups -OCH3 is 1. The molecule has 3 heterocycles. The second-order valence-electron chi connectivity index (χ2n) is 6.88. The number of rotatable bonds is 4. The van der Waals surface area contributed by atoms with Gasteiger partial charge in [0.25, 0.3) is 0 Å². The molecule has 1 aromatic heterocycles. The average Bonchev–Trinajstić information content (AvgIpc) is 2.84. The van der Waals surface area contributed by atoms with Gasteiger partial charge in [0.2, 0.25) is 11.8 Å². The van der Waals surface area contributed by atoms with E-state index in [2.05, 4.69) is 11.2 Å². The van der Waals surface area contributed by atoms with Crippen LogP contribution in [-0.2, 0) is 14.3 Å². The average molecular weight is 334 g/mol. The number of aromatic nitrogens is 2. The van der Waals surface area contributed by atoms with Gasteiger partial charge in [0.05, 0.1) is 17.7 Å². The van der Waals surface area contributed by atoms with Crippen LogP contribution >= 0.6 is 0 Å². The normalized spacial score (nSPS) is 21.7. The molecule has 0 unspecified atom stereocenters. The summed E-state index contributed by atoms with van der Waals surface area (Å²) in [4.78, 5) is 28.3. The standard InChI is InChI=1S/C17H26N4O3/c1-12-7-13(2)21(18-12)15-9-20(10-15)17(23)14-5-4-6-19(8-14)16(22)11-24-3/h7,14-15H,4-6,8-11H2,1-3H3/t14-/m1/s1. The van der Waals surface area contributed by atoms with Crippen LogP contribution in [-0.4, -0.2) is 71.3 Å². The molecule has 2 amide bonds. The van der Waals surface area contributed by atoms with Crippen molar-refractivity contribution >= 4 is 11.8 Å². The fraction of sp³-hybridized carbons (Fsp3) is 0.706. The molecular formula is C17H26N4O3. The van der Waals surface area contributed by atoms with Crippen LogP contribution in [0.25, 0.3) is 0 Å². The zero-order chi connectivity index (χ0) is 17.3. The molecule has 132 valence electrons. The first-order chi connectivity index (χ1) is 11.5. The van der Waals surface area contributed by atoms with Crippen molar-refractivity contribution in [2.75, 3.05) is 39.9 Å². The highest BCUT2D eigenvalue weighted by Crippen LogP contribution is 2.27. The summed E-state index contributed by atoms with van der Waals surface area (Å²) in [5.41, 5.74) is 2.15. The van der Waals surface area contributed by atoms with E-state index >= 15 is 0 Å². The van der Waals surface area contributed by atoms with E-state index in [-0.39, 0.29) is 30.4 Å². The Kier molecular flexibility index (Phi) is 4.89. The van der Waals surface area contributed by atoms with Crippen LogP contribution < -0.4 is 0 Å². The summed E-state index contributed by atoms with van der Waals surface area (Å²) in [5, 5.41) is 4.51. The highest BCUT2D eigenvalue weighted by Gasteiger charge is 2.38. The van der Waals surface area contributed by atoms with E-state index in [0.29, 0.717) is 19.6 Å². The lowest BCUT2D eigenvalue weighted by Crippen LogP contribution is -2.55. The Morgan fingerprint density at radius 3 is 2.62 bits per heavy atom. The summed E-state index contributed by atoms with van der Waals surface area (Å²) in [6, 6.07) is 2.34. The van der Waals surface area contributed by atoms with Gasteiger partial charge < -0.3 is 14.5 Å². The Balaban J connectivity index is 1.54. The van der Waals surface area contributed by atoms with Crippen LogP contribution in [0.1, 0.15) is 30.3 Å². The summed E-state index contributed by atoms with van der Waals surface area (Å²) in [6.45, 7) is 6.78. The Bertz CT molecular complexity index is 621. The number of hydrogen-bond donors (Lipinski definition) is 0. The summed E-state index contributed by atoms with van der Waals surface area (Å²) < 4.78 is 6.93. The van der Waals surface area contributed by atoms with Crippen LogP contribution in [0.3, 0.4) is 0 Å². The largest absolute Gasteiger partial charge is 0.375 e. The van der Waals surface area contributed by atoms with Gasteiger partial charge in [-0.05, 0) is 32.8 Å². The second kappa shape index (κ2) is 6.93. The maximum atomic E-state index is 12.7. The van der Waals surface area contributed by atoms with Gasteiger partial charge in [0.1, 0.15) is 6.61 Å².